The Balaban J connectivity index is 1.72. The smallest absolute Gasteiger partial charge is 0.119 e. The molecular formula is C15H23NO2. The van der Waals surface area contributed by atoms with Crippen LogP contribution in [0.25, 0.3) is 0 Å². The Bertz CT molecular complexity index is 385. The summed E-state index contributed by atoms with van der Waals surface area (Å²) in [5, 5.41) is 13.2. The average molecular weight is 249 g/mol. The number of hydrogen-bond acceptors (Lipinski definition) is 3. The lowest BCUT2D eigenvalue weighted by Gasteiger charge is -2.14. The van der Waals surface area contributed by atoms with Gasteiger partial charge in [-0.05, 0) is 49.4 Å². The molecule has 0 bridgehead atoms. The molecule has 1 aromatic rings. The zero-order valence-corrected chi connectivity index (χ0v) is 11.4. The number of ether oxygens (including phenoxy) is 1. The predicted molar refractivity (Wildman–Crippen MR) is 73.0 cm³/mol. The van der Waals surface area contributed by atoms with Gasteiger partial charge in [0.2, 0.25) is 0 Å². The zero-order chi connectivity index (χ0) is 13.1. The lowest BCUT2D eigenvalue weighted by molar-refractivity contribution is 0.106. The van der Waals surface area contributed by atoms with Crippen molar-refractivity contribution in [3.8, 4) is 5.75 Å². The van der Waals surface area contributed by atoms with Crippen molar-refractivity contribution in [2.45, 2.75) is 39.3 Å². The molecule has 3 unspecified atom stereocenters. The highest BCUT2D eigenvalue weighted by Crippen LogP contribution is 2.28. The van der Waals surface area contributed by atoms with E-state index in [0.717, 1.165) is 11.7 Å². The Hall–Kier alpha value is -1.06. The van der Waals surface area contributed by atoms with Crippen molar-refractivity contribution in [3.63, 3.8) is 0 Å². The van der Waals surface area contributed by atoms with Crippen LogP contribution in [0.3, 0.4) is 0 Å². The van der Waals surface area contributed by atoms with Crippen LogP contribution in [0.5, 0.6) is 5.75 Å². The van der Waals surface area contributed by atoms with Gasteiger partial charge in [0, 0.05) is 12.6 Å². The fourth-order valence-electron chi connectivity index (χ4n) is 2.16. The highest BCUT2D eigenvalue weighted by atomic mass is 16.5. The molecule has 0 spiro atoms. The van der Waals surface area contributed by atoms with E-state index in [9.17, 15) is 5.11 Å². The Morgan fingerprint density at radius 1 is 1.33 bits per heavy atom. The molecule has 1 saturated carbocycles. The molecule has 0 saturated heterocycles. The molecule has 3 nitrogen and oxygen atoms in total. The Morgan fingerprint density at radius 2 is 1.94 bits per heavy atom. The highest BCUT2D eigenvalue weighted by Gasteiger charge is 2.32. The first kappa shape index (κ1) is 13.4. The van der Waals surface area contributed by atoms with Crippen LogP contribution in [0.1, 0.15) is 24.5 Å². The molecule has 2 N–H and O–H groups in total. The van der Waals surface area contributed by atoms with E-state index in [4.69, 9.17) is 4.74 Å². The summed E-state index contributed by atoms with van der Waals surface area (Å²) in [6.07, 6.45) is 0.781. The molecular weight excluding hydrogens is 226 g/mol. The van der Waals surface area contributed by atoms with Gasteiger partial charge >= 0.3 is 0 Å². The van der Waals surface area contributed by atoms with E-state index in [-0.39, 0.29) is 0 Å². The van der Waals surface area contributed by atoms with Crippen LogP contribution in [-0.4, -0.2) is 30.4 Å². The van der Waals surface area contributed by atoms with Gasteiger partial charge in [-0.2, -0.15) is 0 Å². The first-order chi connectivity index (χ1) is 8.54. The van der Waals surface area contributed by atoms with Crippen LogP contribution in [-0.2, 0) is 0 Å². The van der Waals surface area contributed by atoms with Gasteiger partial charge in [-0.15, -0.1) is 0 Å². The Morgan fingerprint density at radius 3 is 2.50 bits per heavy atom. The van der Waals surface area contributed by atoms with Gasteiger partial charge in [0.25, 0.3) is 0 Å². The maximum absolute atomic E-state index is 9.82. The third-order valence-corrected chi connectivity index (χ3v) is 3.36. The summed E-state index contributed by atoms with van der Waals surface area (Å²) in [4.78, 5) is 0. The van der Waals surface area contributed by atoms with Crippen molar-refractivity contribution in [3.05, 3.63) is 29.3 Å². The molecule has 2 rings (SSSR count). The number of hydrogen-bond donors (Lipinski definition) is 2. The second kappa shape index (κ2) is 5.72. The molecule has 1 fully saturated rings. The van der Waals surface area contributed by atoms with Crippen LogP contribution in [0.15, 0.2) is 18.2 Å². The largest absolute Gasteiger partial charge is 0.491 e. The number of nitrogens with one attached hydrogen (secondary N) is 1. The van der Waals surface area contributed by atoms with E-state index in [1.54, 1.807) is 0 Å². The maximum Gasteiger partial charge on any atom is 0.119 e. The minimum Gasteiger partial charge on any atom is -0.491 e. The monoisotopic (exact) mass is 249 g/mol. The minimum atomic E-state index is -0.446. The number of aryl methyl sites for hydroxylation is 2. The molecule has 0 aromatic heterocycles. The molecule has 1 aliphatic rings. The summed E-state index contributed by atoms with van der Waals surface area (Å²) in [5.74, 6) is 1.60. The number of rotatable bonds is 6. The molecule has 1 aromatic carbocycles. The zero-order valence-electron chi connectivity index (χ0n) is 11.4. The predicted octanol–water partition coefficient (Wildman–Crippen LogP) is 2.04. The molecule has 0 radical (unpaired) electrons. The van der Waals surface area contributed by atoms with Gasteiger partial charge in [-0.25, -0.2) is 0 Å². The second-order valence-electron chi connectivity index (χ2n) is 5.52. The van der Waals surface area contributed by atoms with Crippen LogP contribution in [0, 0.1) is 19.8 Å². The van der Waals surface area contributed by atoms with Crippen LogP contribution < -0.4 is 10.1 Å². The van der Waals surface area contributed by atoms with Crippen LogP contribution in [0.4, 0.5) is 0 Å². The number of aliphatic hydroxyl groups is 1. The van der Waals surface area contributed by atoms with Crippen molar-refractivity contribution in [1.82, 2.24) is 5.32 Å². The molecule has 100 valence electrons. The van der Waals surface area contributed by atoms with Gasteiger partial charge < -0.3 is 15.2 Å². The maximum atomic E-state index is 9.82. The summed E-state index contributed by atoms with van der Waals surface area (Å²) in [7, 11) is 0. The van der Waals surface area contributed by atoms with Gasteiger partial charge in [0.15, 0.2) is 0 Å². The van der Waals surface area contributed by atoms with Crippen LogP contribution >= 0.6 is 0 Å². The second-order valence-corrected chi connectivity index (χ2v) is 5.52. The Kier molecular flexibility index (Phi) is 4.25. The number of aliphatic hydroxyl groups excluding tert-OH is 1. The lowest BCUT2D eigenvalue weighted by Crippen LogP contribution is -2.33. The molecule has 3 heteroatoms. The number of benzene rings is 1. The summed E-state index contributed by atoms with van der Waals surface area (Å²) in [6, 6.07) is 6.70. The first-order valence-corrected chi connectivity index (χ1v) is 6.67. The van der Waals surface area contributed by atoms with Crippen molar-refractivity contribution in [1.29, 1.82) is 0 Å². The van der Waals surface area contributed by atoms with Crippen molar-refractivity contribution < 1.29 is 9.84 Å². The average Bonchev–Trinajstić information content (AvgIpc) is 2.99. The molecule has 1 aliphatic carbocycles. The SMILES string of the molecule is Cc1cc(C)cc(OCC(O)CNC2CC2C)c1. The van der Waals surface area contributed by atoms with E-state index in [2.05, 4.69) is 18.3 Å². The van der Waals surface area contributed by atoms with E-state index in [1.165, 1.54) is 17.5 Å². The summed E-state index contributed by atoms with van der Waals surface area (Å²) in [6.45, 7) is 7.27. The quantitative estimate of drug-likeness (QED) is 0.810. The molecule has 0 amide bonds. The summed E-state index contributed by atoms with van der Waals surface area (Å²) >= 11 is 0. The van der Waals surface area contributed by atoms with E-state index in [1.807, 2.05) is 26.0 Å². The standard InChI is InChI=1S/C15H23NO2/c1-10-4-11(2)6-14(5-10)18-9-13(17)8-16-15-7-12(15)3/h4-6,12-13,15-17H,7-9H2,1-3H3. The first-order valence-electron chi connectivity index (χ1n) is 6.67. The Labute approximate surface area is 109 Å². The fourth-order valence-corrected chi connectivity index (χ4v) is 2.16. The third kappa shape index (κ3) is 4.00. The van der Waals surface area contributed by atoms with Gasteiger partial charge in [-0.3, -0.25) is 0 Å². The minimum absolute atomic E-state index is 0.344. The normalized spacial score (nSPS) is 23.8. The summed E-state index contributed by atoms with van der Waals surface area (Å²) in [5.41, 5.74) is 2.37. The van der Waals surface area contributed by atoms with E-state index < -0.39 is 6.10 Å². The van der Waals surface area contributed by atoms with E-state index >= 15 is 0 Å². The lowest BCUT2D eigenvalue weighted by atomic mass is 10.1. The third-order valence-electron chi connectivity index (χ3n) is 3.36. The summed E-state index contributed by atoms with van der Waals surface area (Å²) < 4.78 is 5.62. The van der Waals surface area contributed by atoms with Crippen molar-refractivity contribution in [2.24, 2.45) is 5.92 Å². The topological polar surface area (TPSA) is 41.5 Å². The van der Waals surface area contributed by atoms with Gasteiger partial charge in [0.1, 0.15) is 18.5 Å². The van der Waals surface area contributed by atoms with E-state index in [0.29, 0.717) is 19.2 Å². The van der Waals surface area contributed by atoms with Crippen LogP contribution in [0.2, 0.25) is 0 Å². The van der Waals surface area contributed by atoms with Crippen molar-refractivity contribution >= 4 is 0 Å². The molecule has 0 aliphatic heterocycles. The van der Waals surface area contributed by atoms with Crippen molar-refractivity contribution in [2.75, 3.05) is 13.2 Å². The fraction of sp³-hybridized carbons (Fsp3) is 0.600. The molecule has 0 heterocycles. The van der Waals surface area contributed by atoms with Gasteiger partial charge in [-0.1, -0.05) is 13.0 Å². The molecule has 18 heavy (non-hydrogen) atoms. The molecule has 3 atom stereocenters. The van der Waals surface area contributed by atoms with Gasteiger partial charge in [0.05, 0.1) is 0 Å². The highest BCUT2D eigenvalue weighted by molar-refractivity contribution is 5.32.